The Labute approximate surface area is 170 Å². The van der Waals surface area contributed by atoms with Crippen LogP contribution in [0.25, 0.3) is 0 Å². The van der Waals surface area contributed by atoms with Crippen LogP contribution in [0.3, 0.4) is 0 Å². The lowest BCUT2D eigenvalue weighted by atomic mass is 9.89. The molecule has 1 aliphatic carbocycles. The normalized spacial score (nSPS) is 17.1. The van der Waals surface area contributed by atoms with E-state index in [1.54, 1.807) is 29.2 Å². The van der Waals surface area contributed by atoms with Gasteiger partial charge >= 0.3 is 5.97 Å². The van der Waals surface area contributed by atoms with E-state index in [1.165, 1.54) is 0 Å². The minimum absolute atomic E-state index is 0.0290. The first-order chi connectivity index (χ1) is 14.0. The second-order valence-electron chi connectivity index (χ2n) is 7.46. The molecule has 2 fully saturated rings. The molecule has 2 N–H and O–H groups in total. The lowest BCUT2D eigenvalue weighted by molar-refractivity contribution is -0.147. The Morgan fingerprint density at radius 3 is 2.41 bits per heavy atom. The highest BCUT2D eigenvalue weighted by Gasteiger charge is 2.22. The van der Waals surface area contributed by atoms with Gasteiger partial charge < -0.3 is 20.3 Å². The van der Waals surface area contributed by atoms with Gasteiger partial charge in [0.05, 0.1) is 0 Å². The van der Waals surface area contributed by atoms with E-state index >= 15 is 0 Å². The maximum atomic E-state index is 12.0. The van der Waals surface area contributed by atoms with Crippen LogP contribution in [0.15, 0.2) is 24.3 Å². The standard InChI is InChI=1S/C21H27N3O5/c25-18(14-29-20(27)13-22-21(28)15-5-2-1-3-6-15)23-16-8-10-17(11-9-16)24-12-4-7-19(24)26/h8-11,15H,1-7,12-14H2,(H,22,28)(H,23,25). The van der Waals surface area contributed by atoms with Crippen LogP contribution in [0.5, 0.6) is 0 Å². The zero-order chi connectivity index (χ0) is 20.6. The van der Waals surface area contributed by atoms with E-state index in [1.807, 2.05) is 0 Å². The molecule has 1 saturated heterocycles. The smallest absolute Gasteiger partial charge is 0.325 e. The zero-order valence-corrected chi connectivity index (χ0v) is 16.4. The van der Waals surface area contributed by atoms with Gasteiger partial charge in [-0.05, 0) is 43.5 Å². The van der Waals surface area contributed by atoms with Crippen LogP contribution >= 0.6 is 0 Å². The van der Waals surface area contributed by atoms with Crippen LogP contribution in [-0.4, -0.2) is 43.4 Å². The van der Waals surface area contributed by atoms with E-state index in [0.717, 1.165) is 44.2 Å². The molecular formula is C21H27N3O5. The van der Waals surface area contributed by atoms with Gasteiger partial charge in [-0.2, -0.15) is 0 Å². The number of benzene rings is 1. The fourth-order valence-electron chi connectivity index (χ4n) is 3.71. The summed E-state index contributed by atoms with van der Waals surface area (Å²) in [4.78, 5) is 49.2. The van der Waals surface area contributed by atoms with Crippen molar-refractivity contribution in [2.45, 2.75) is 44.9 Å². The molecule has 1 heterocycles. The van der Waals surface area contributed by atoms with Crippen LogP contribution in [0, 0.1) is 5.92 Å². The van der Waals surface area contributed by atoms with Gasteiger partial charge in [-0.25, -0.2) is 0 Å². The molecule has 1 aromatic carbocycles. The quantitative estimate of drug-likeness (QED) is 0.680. The molecule has 0 atom stereocenters. The summed E-state index contributed by atoms with van der Waals surface area (Å²) in [5.74, 6) is -1.17. The predicted molar refractivity (Wildman–Crippen MR) is 107 cm³/mol. The van der Waals surface area contributed by atoms with Gasteiger partial charge in [-0.3, -0.25) is 19.2 Å². The van der Waals surface area contributed by atoms with Gasteiger partial charge in [0.15, 0.2) is 6.61 Å². The van der Waals surface area contributed by atoms with Crippen molar-refractivity contribution in [2.75, 3.05) is 29.9 Å². The largest absolute Gasteiger partial charge is 0.454 e. The first-order valence-corrected chi connectivity index (χ1v) is 10.2. The third kappa shape index (κ3) is 6.04. The average Bonchev–Trinajstić information content (AvgIpc) is 3.17. The number of nitrogens with one attached hydrogen (secondary N) is 2. The summed E-state index contributed by atoms with van der Waals surface area (Å²) in [7, 11) is 0. The van der Waals surface area contributed by atoms with Crippen molar-refractivity contribution in [3.63, 3.8) is 0 Å². The second-order valence-corrected chi connectivity index (χ2v) is 7.46. The van der Waals surface area contributed by atoms with E-state index in [4.69, 9.17) is 4.74 Å². The molecule has 29 heavy (non-hydrogen) atoms. The van der Waals surface area contributed by atoms with Crippen LogP contribution in [0.2, 0.25) is 0 Å². The average molecular weight is 401 g/mol. The summed E-state index contributed by atoms with van der Waals surface area (Å²) in [6, 6.07) is 6.94. The van der Waals surface area contributed by atoms with E-state index in [0.29, 0.717) is 18.7 Å². The molecule has 1 aliphatic heterocycles. The van der Waals surface area contributed by atoms with E-state index < -0.39 is 18.5 Å². The predicted octanol–water partition coefficient (Wildman–Crippen LogP) is 1.99. The van der Waals surface area contributed by atoms with Gasteiger partial charge in [-0.1, -0.05) is 19.3 Å². The van der Waals surface area contributed by atoms with Crippen molar-refractivity contribution in [2.24, 2.45) is 5.92 Å². The molecule has 1 aromatic rings. The number of ether oxygens (including phenoxy) is 1. The first kappa shape index (κ1) is 20.8. The zero-order valence-electron chi connectivity index (χ0n) is 16.4. The molecule has 0 unspecified atom stereocenters. The van der Waals surface area contributed by atoms with E-state index in [-0.39, 0.29) is 24.3 Å². The lowest BCUT2D eigenvalue weighted by Crippen LogP contribution is -2.36. The Hall–Kier alpha value is -2.90. The van der Waals surface area contributed by atoms with Gasteiger partial charge in [0.2, 0.25) is 11.8 Å². The minimum atomic E-state index is -0.646. The highest BCUT2D eigenvalue weighted by atomic mass is 16.5. The molecule has 3 rings (SSSR count). The van der Waals surface area contributed by atoms with Crippen LogP contribution < -0.4 is 15.5 Å². The van der Waals surface area contributed by atoms with Crippen molar-refractivity contribution in [1.29, 1.82) is 0 Å². The summed E-state index contributed by atoms with van der Waals surface area (Å²) < 4.78 is 4.91. The molecular weight excluding hydrogens is 374 g/mol. The third-order valence-electron chi connectivity index (χ3n) is 5.28. The molecule has 8 nitrogen and oxygen atoms in total. The third-order valence-corrected chi connectivity index (χ3v) is 5.28. The molecule has 0 radical (unpaired) electrons. The van der Waals surface area contributed by atoms with Gasteiger partial charge in [0.25, 0.3) is 5.91 Å². The van der Waals surface area contributed by atoms with E-state index in [2.05, 4.69) is 10.6 Å². The fraction of sp³-hybridized carbons (Fsp3) is 0.524. The Balaban J connectivity index is 1.36. The molecule has 0 aromatic heterocycles. The summed E-state index contributed by atoms with van der Waals surface area (Å²) in [6.45, 7) is 0.0451. The van der Waals surface area contributed by atoms with Crippen LogP contribution in [-0.2, 0) is 23.9 Å². The number of hydrogen-bond acceptors (Lipinski definition) is 5. The van der Waals surface area contributed by atoms with Gasteiger partial charge in [0, 0.05) is 30.3 Å². The van der Waals surface area contributed by atoms with Gasteiger partial charge in [-0.15, -0.1) is 0 Å². The number of carbonyl (C=O) groups excluding carboxylic acids is 4. The molecule has 0 spiro atoms. The van der Waals surface area contributed by atoms with Crippen molar-refractivity contribution in [1.82, 2.24) is 5.32 Å². The van der Waals surface area contributed by atoms with Crippen molar-refractivity contribution in [3.8, 4) is 0 Å². The van der Waals surface area contributed by atoms with Gasteiger partial charge in [0.1, 0.15) is 6.54 Å². The second kappa shape index (κ2) is 10.0. The number of hydrogen-bond donors (Lipinski definition) is 2. The van der Waals surface area contributed by atoms with Crippen molar-refractivity contribution in [3.05, 3.63) is 24.3 Å². The van der Waals surface area contributed by atoms with E-state index in [9.17, 15) is 19.2 Å². The number of amides is 3. The number of anilines is 2. The summed E-state index contributed by atoms with van der Waals surface area (Å²) in [5.41, 5.74) is 1.35. The van der Waals surface area contributed by atoms with Crippen LogP contribution in [0.4, 0.5) is 11.4 Å². The Kier molecular flexibility index (Phi) is 7.21. The molecule has 0 bridgehead atoms. The summed E-state index contributed by atoms with van der Waals surface area (Å²) in [5, 5.41) is 5.22. The van der Waals surface area contributed by atoms with Crippen molar-refractivity contribution >= 4 is 35.1 Å². The Morgan fingerprint density at radius 1 is 1.03 bits per heavy atom. The summed E-state index contributed by atoms with van der Waals surface area (Å²) >= 11 is 0. The molecule has 2 aliphatic rings. The minimum Gasteiger partial charge on any atom is -0.454 e. The Bertz CT molecular complexity index is 756. The topological polar surface area (TPSA) is 105 Å². The molecule has 1 saturated carbocycles. The SMILES string of the molecule is O=C(COC(=O)CNC(=O)C1CCCCC1)Nc1ccc(N2CCCC2=O)cc1. The number of rotatable bonds is 7. The molecule has 156 valence electrons. The fourth-order valence-corrected chi connectivity index (χ4v) is 3.71. The highest BCUT2D eigenvalue weighted by molar-refractivity contribution is 5.96. The molecule has 3 amide bonds. The van der Waals surface area contributed by atoms with Crippen LogP contribution in [0.1, 0.15) is 44.9 Å². The summed E-state index contributed by atoms with van der Waals surface area (Å²) in [6.07, 6.45) is 6.35. The number of carbonyl (C=O) groups is 4. The maximum Gasteiger partial charge on any atom is 0.325 e. The first-order valence-electron chi connectivity index (χ1n) is 10.2. The monoisotopic (exact) mass is 401 g/mol. The molecule has 8 heteroatoms. The lowest BCUT2D eigenvalue weighted by Gasteiger charge is -2.20. The number of esters is 1. The maximum absolute atomic E-state index is 12.0. The Morgan fingerprint density at radius 2 is 1.76 bits per heavy atom. The number of nitrogens with zero attached hydrogens (tertiary/aromatic N) is 1. The van der Waals surface area contributed by atoms with Crippen molar-refractivity contribution < 1.29 is 23.9 Å². The highest BCUT2D eigenvalue weighted by Crippen LogP contribution is 2.24.